The predicted molar refractivity (Wildman–Crippen MR) is 115 cm³/mol. The molecule has 0 saturated carbocycles. The average Bonchev–Trinajstić information content (AvgIpc) is 3.10. The van der Waals surface area contributed by atoms with Crippen LogP contribution in [0.15, 0.2) is 47.7 Å². The van der Waals surface area contributed by atoms with Crippen LogP contribution in [0.1, 0.15) is 18.1 Å². The van der Waals surface area contributed by atoms with Gasteiger partial charge in [0.1, 0.15) is 0 Å². The van der Waals surface area contributed by atoms with Crippen LogP contribution >= 0.6 is 24.0 Å². The van der Waals surface area contributed by atoms with E-state index in [1.807, 2.05) is 36.0 Å². The number of rotatable bonds is 7. The van der Waals surface area contributed by atoms with Gasteiger partial charge in [0.2, 0.25) is 5.91 Å². The van der Waals surface area contributed by atoms with Crippen LogP contribution in [0.3, 0.4) is 0 Å². The van der Waals surface area contributed by atoms with Gasteiger partial charge in [-0.2, -0.15) is 5.10 Å². The summed E-state index contributed by atoms with van der Waals surface area (Å²) in [5, 5.41) is 10.4. The molecule has 1 amide bonds. The number of aliphatic imine (C=N–C) groups is 1. The topological polar surface area (TPSA) is 74.5 Å². The molecule has 0 aliphatic carbocycles. The Morgan fingerprint density at radius 2 is 2.00 bits per heavy atom. The molecule has 2 rings (SSSR count). The highest BCUT2D eigenvalue weighted by atomic mass is 127. The summed E-state index contributed by atoms with van der Waals surface area (Å²) < 4.78 is 1.89. The minimum absolute atomic E-state index is 0. The number of carbonyl (C=O) groups is 1. The average molecular weight is 470 g/mol. The molecule has 0 bridgehead atoms. The minimum atomic E-state index is 0. The first-order valence-corrected chi connectivity index (χ1v) is 8.36. The van der Waals surface area contributed by atoms with E-state index in [1.54, 1.807) is 25.2 Å². The number of carbonyl (C=O) groups excluding carboxylic acids is 1. The van der Waals surface area contributed by atoms with E-state index in [4.69, 9.17) is 0 Å². The van der Waals surface area contributed by atoms with Crippen molar-refractivity contribution in [3.8, 4) is 0 Å². The molecular formula is C18H27IN6O. The van der Waals surface area contributed by atoms with Crippen molar-refractivity contribution in [1.82, 2.24) is 25.3 Å². The number of hydrogen-bond acceptors (Lipinski definition) is 3. The van der Waals surface area contributed by atoms with Gasteiger partial charge in [-0.15, -0.1) is 24.0 Å². The quantitative estimate of drug-likeness (QED) is 0.367. The molecule has 1 aromatic heterocycles. The molecule has 0 fully saturated rings. The van der Waals surface area contributed by atoms with Gasteiger partial charge in [0.25, 0.3) is 0 Å². The van der Waals surface area contributed by atoms with E-state index in [2.05, 4.69) is 32.9 Å². The van der Waals surface area contributed by atoms with Gasteiger partial charge in [-0.05, 0) is 24.1 Å². The molecule has 7 nitrogen and oxygen atoms in total. The summed E-state index contributed by atoms with van der Waals surface area (Å²) in [6.07, 6.45) is 3.72. The SMILES string of the molecule is CCNC(=NCc1cccc(Cn2cccn2)c1)NCC(=O)N(C)C.I. The summed E-state index contributed by atoms with van der Waals surface area (Å²) >= 11 is 0. The number of amides is 1. The fourth-order valence-electron chi connectivity index (χ4n) is 2.24. The van der Waals surface area contributed by atoms with Gasteiger partial charge in [0, 0.05) is 33.0 Å². The van der Waals surface area contributed by atoms with Crippen molar-refractivity contribution in [3.63, 3.8) is 0 Å². The zero-order chi connectivity index (χ0) is 18.1. The van der Waals surface area contributed by atoms with Crippen molar-refractivity contribution in [1.29, 1.82) is 0 Å². The first-order valence-electron chi connectivity index (χ1n) is 8.36. The number of aromatic nitrogens is 2. The Kier molecular flexibility index (Phi) is 9.71. The van der Waals surface area contributed by atoms with Crippen LogP contribution in [0.2, 0.25) is 0 Å². The highest BCUT2D eigenvalue weighted by Gasteiger charge is 2.05. The number of guanidine groups is 1. The third-order valence-electron chi connectivity index (χ3n) is 3.56. The van der Waals surface area contributed by atoms with Crippen molar-refractivity contribution in [3.05, 3.63) is 53.9 Å². The number of benzene rings is 1. The molecule has 0 spiro atoms. The largest absolute Gasteiger partial charge is 0.357 e. The minimum Gasteiger partial charge on any atom is -0.357 e. The second-order valence-electron chi connectivity index (χ2n) is 5.86. The molecular weight excluding hydrogens is 443 g/mol. The molecule has 0 aliphatic rings. The first-order chi connectivity index (χ1) is 12.1. The Morgan fingerprint density at radius 1 is 1.23 bits per heavy atom. The predicted octanol–water partition coefficient (Wildman–Crippen LogP) is 1.69. The number of halogens is 1. The van der Waals surface area contributed by atoms with Crippen LogP contribution in [0.25, 0.3) is 0 Å². The zero-order valence-corrected chi connectivity index (χ0v) is 17.8. The molecule has 8 heteroatoms. The summed E-state index contributed by atoms with van der Waals surface area (Å²) in [6, 6.07) is 10.2. The van der Waals surface area contributed by atoms with Gasteiger partial charge < -0.3 is 15.5 Å². The van der Waals surface area contributed by atoms with Crippen LogP contribution in [-0.4, -0.2) is 53.7 Å². The van der Waals surface area contributed by atoms with Crippen molar-refractivity contribution < 1.29 is 4.79 Å². The Bertz CT molecular complexity index is 699. The number of likely N-dealkylation sites (N-methyl/N-ethyl adjacent to an activating group) is 1. The van der Waals surface area contributed by atoms with E-state index in [0.717, 1.165) is 18.7 Å². The smallest absolute Gasteiger partial charge is 0.241 e. The van der Waals surface area contributed by atoms with Crippen LogP contribution in [0.4, 0.5) is 0 Å². The third kappa shape index (κ3) is 7.42. The van der Waals surface area contributed by atoms with Crippen molar-refractivity contribution >= 4 is 35.8 Å². The van der Waals surface area contributed by atoms with Gasteiger partial charge in [-0.1, -0.05) is 24.3 Å². The standard InChI is InChI=1S/C18H26N6O.HI/c1-4-19-18(21-13-17(25)23(2)3)20-12-15-7-5-8-16(11-15)14-24-10-6-9-22-24;/h5-11H,4,12-14H2,1-3H3,(H2,19,20,21);1H. The van der Waals surface area contributed by atoms with Gasteiger partial charge >= 0.3 is 0 Å². The van der Waals surface area contributed by atoms with Gasteiger partial charge in [-0.25, -0.2) is 4.99 Å². The molecule has 142 valence electrons. The maximum atomic E-state index is 11.7. The summed E-state index contributed by atoms with van der Waals surface area (Å²) in [6.45, 7) is 4.23. The lowest BCUT2D eigenvalue weighted by atomic mass is 10.1. The van der Waals surface area contributed by atoms with Crippen LogP contribution < -0.4 is 10.6 Å². The van der Waals surface area contributed by atoms with Crippen molar-refractivity contribution in [2.45, 2.75) is 20.0 Å². The lowest BCUT2D eigenvalue weighted by molar-refractivity contribution is -0.127. The maximum Gasteiger partial charge on any atom is 0.241 e. The van der Waals surface area contributed by atoms with Crippen LogP contribution in [-0.2, 0) is 17.9 Å². The molecule has 2 N–H and O–H groups in total. The summed E-state index contributed by atoms with van der Waals surface area (Å²) in [5.41, 5.74) is 2.29. The van der Waals surface area contributed by atoms with Crippen molar-refractivity contribution in [2.24, 2.45) is 4.99 Å². The number of nitrogens with zero attached hydrogens (tertiary/aromatic N) is 4. The lowest BCUT2D eigenvalue weighted by Crippen LogP contribution is -2.42. The van der Waals surface area contributed by atoms with E-state index >= 15 is 0 Å². The second-order valence-corrected chi connectivity index (χ2v) is 5.86. The highest BCUT2D eigenvalue weighted by Crippen LogP contribution is 2.08. The molecule has 26 heavy (non-hydrogen) atoms. The molecule has 0 radical (unpaired) electrons. The fourth-order valence-corrected chi connectivity index (χ4v) is 2.24. The lowest BCUT2D eigenvalue weighted by Gasteiger charge is -2.14. The Balaban J connectivity index is 0.00000338. The van der Waals surface area contributed by atoms with Crippen LogP contribution in [0.5, 0.6) is 0 Å². The highest BCUT2D eigenvalue weighted by molar-refractivity contribution is 14.0. The molecule has 0 atom stereocenters. The second kappa shape index (κ2) is 11.5. The summed E-state index contributed by atoms with van der Waals surface area (Å²) in [7, 11) is 3.47. The first kappa shape index (κ1) is 21.9. The summed E-state index contributed by atoms with van der Waals surface area (Å²) in [5.74, 6) is 0.641. The van der Waals surface area contributed by atoms with E-state index in [9.17, 15) is 4.79 Å². The van der Waals surface area contributed by atoms with E-state index < -0.39 is 0 Å². The van der Waals surface area contributed by atoms with Gasteiger partial charge in [-0.3, -0.25) is 9.48 Å². The molecule has 1 aromatic carbocycles. The van der Waals surface area contributed by atoms with Crippen molar-refractivity contribution in [2.75, 3.05) is 27.2 Å². The Labute approximate surface area is 171 Å². The molecule has 2 aromatic rings. The molecule has 0 unspecified atom stereocenters. The number of hydrogen-bond donors (Lipinski definition) is 2. The fraction of sp³-hybridized carbons (Fsp3) is 0.389. The number of nitrogens with one attached hydrogen (secondary N) is 2. The zero-order valence-electron chi connectivity index (χ0n) is 15.5. The van der Waals surface area contributed by atoms with E-state index in [-0.39, 0.29) is 36.4 Å². The monoisotopic (exact) mass is 470 g/mol. The van der Waals surface area contributed by atoms with E-state index in [1.165, 1.54) is 5.56 Å². The van der Waals surface area contributed by atoms with Gasteiger partial charge in [0.05, 0.1) is 19.6 Å². The van der Waals surface area contributed by atoms with E-state index in [0.29, 0.717) is 12.5 Å². The summed E-state index contributed by atoms with van der Waals surface area (Å²) in [4.78, 5) is 17.8. The van der Waals surface area contributed by atoms with Gasteiger partial charge in [0.15, 0.2) is 5.96 Å². The maximum absolute atomic E-state index is 11.7. The molecule has 0 aliphatic heterocycles. The van der Waals surface area contributed by atoms with Crippen LogP contribution in [0, 0.1) is 0 Å². The normalized spacial score (nSPS) is 10.8. The molecule has 0 saturated heterocycles. The Morgan fingerprint density at radius 3 is 2.65 bits per heavy atom. The Hall–Kier alpha value is -2.10. The third-order valence-corrected chi connectivity index (χ3v) is 3.56. The molecule has 1 heterocycles.